The number of nitrogens with one attached hydrogen (secondary N) is 1. The van der Waals surface area contributed by atoms with E-state index in [1.807, 2.05) is 0 Å². The molecule has 1 heterocycles. The zero-order valence-electron chi connectivity index (χ0n) is 8.13. The minimum atomic E-state index is 0.581. The van der Waals surface area contributed by atoms with Crippen molar-refractivity contribution < 1.29 is 0 Å². The summed E-state index contributed by atoms with van der Waals surface area (Å²) in [6.07, 6.45) is 1.22. The first-order valence-corrected chi connectivity index (χ1v) is 5.09. The van der Waals surface area contributed by atoms with Gasteiger partial charge in [0.1, 0.15) is 0 Å². The summed E-state index contributed by atoms with van der Waals surface area (Å²) in [5.41, 5.74) is 0. The van der Waals surface area contributed by atoms with E-state index >= 15 is 0 Å². The molecule has 1 fully saturated rings. The van der Waals surface area contributed by atoms with Gasteiger partial charge in [0.25, 0.3) is 0 Å². The summed E-state index contributed by atoms with van der Waals surface area (Å²) >= 11 is 5.18. The highest BCUT2D eigenvalue weighted by molar-refractivity contribution is 7.80. The van der Waals surface area contributed by atoms with Gasteiger partial charge in [0.05, 0.1) is 0 Å². The van der Waals surface area contributed by atoms with E-state index in [0.29, 0.717) is 6.04 Å². The second kappa shape index (κ2) is 4.08. The summed E-state index contributed by atoms with van der Waals surface area (Å²) in [6, 6.07) is 0.581. The standard InChI is InChI=1S/C9H18N2S/c1-4-11-6-8(5-7(2)3)10-9(11)12/h7-8H,4-6H2,1-3H3,(H,10,12). The molecule has 1 aliphatic heterocycles. The molecule has 0 amide bonds. The number of hydrogen-bond donors (Lipinski definition) is 1. The molecule has 0 aliphatic carbocycles. The maximum atomic E-state index is 5.18. The lowest BCUT2D eigenvalue weighted by molar-refractivity contribution is 0.412. The van der Waals surface area contributed by atoms with Gasteiger partial charge in [0, 0.05) is 19.1 Å². The van der Waals surface area contributed by atoms with E-state index in [4.69, 9.17) is 12.2 Å². The summed E-state index contributed by atoms with van der Waals surface area (Å²) in [7, 11) is 0. The number of rotatable bonds is 3. The third-order valence-electron chi connectivity index (χ3n) is 2.19. The summed E-state index contributed by atoms with van der Waals surface area (Å²) in [5.74, 6) is 0.752. The average molecular weight is 186 g/mol. The number of likely N-dealkylation sites (N-methyl/N-ethyl adjacent to an activating group) is 1. The molecule has 1 N–H and O–H groups in total. The van der Waals surface area contributed by atoms with Crippen LogP contribution in [0.2, 0.25) is 0 Å². The van der Waals surface area contributed by atoms with Crippen molar-refractivity contribution in [3.05, 3.63) is 0 Å². The molecule has 1 atom stereocenters. The molecule has 1 unspecified atom stereocenters. The normalized spacial score (nSPS) is 23.5. The van der Waals surface area contributed by atoms with Crippen LogP contribution in [0.15, 0.2) is 0 Å². The first-order chi connectivity index (χ1) is 5.63. The quantitative estimate of drug-likeness (QED) is 0.674. The lowest BCUT2D eigenvalue weighted by atomic mass is 10.0. The molecular formula is C9H18N2S. The van der Waals surface area contributed by atoms with Crippen molar-refractivity contribution >= 4 is 17.3 Å². The Bertz CT molecular complexity index is 168. The Balaban J connectivity index is 2.38. The van der Waals surface area contributed by atoms with Crippen LogP contribution < -0.4 is 5.32 Å². The van der Waals surface area contributed by atoms with Crippen LogP contribution in [0.5, 0.6) is 0 Å². The minimum Gasteiger partial charge on any atom is -0.358 e. The molecule has 1 saturated heterocycles. The fraction of sp³-hybridized carbons (Fsp3) is 0.889. The van der Waals surface area contributed by atoms with Gasteiger partial charge in [-0.15, -0.1) is 0 Å². The summed E-state index contributed by atoms with van der Waals surface area (Å²) < 4.78 is 0. The van der Waals surface area contributed by atoms with E-state index in [9.17, 15) is 0 Å². The Labute approximate surface area is 80.3 Å². The highest BCUT2D eigenvalue weighted by Crippen LogP contribution is 2.11. The zero-order chi connectivity index (χ0) is 9.14. The van der Waals surface area contributed by atoms with Crippen LogP contribution in [0.3, 0.4) is 0 Å². The fourth-order valence-corrected chi connectivity index (χ4v) is 2.01. The van der Waals surface area contributed by atoms with Crippen LogP contribution in [0.4, 0.5) is 0 Å². The van der Waals surface area contributed by atoms with Crippen LogP contribution in [0, 0.1) is 5.92 Å². The van der Waals surface area contributed by atoms with Crippen molar-refractivity contribution in [2.75, 3.05) is 13.1 Å². The Morgan fingerprint density at radius 2 is 2.33 bits per heavy atom. The number of hydrogen-bond acceptors (Lipinski definition) is 1. The van der Waals surface area contributed by atoms with Gasteiger partial charge >= 0.3 is 0 Å². The maximum Gasteiger partial charge on any atom is 0.169 e. The summed E-state index contributed by atoms with van der Waals surface area (Å²) in [6.45, 7) is 8.76. The molecule has 0 aromatic carbocycles. The van der Waals surface area contributed by atoms with Gasteiger partial charge in [-0.1, -0.05) is 13.8 Å². The van der Waals surface area contributed by atoms with E-state index in [1.165, 1.54) is 6.42 Å². The number of nitrogens with zero attached hydrogens (tertiary/aromatic N) is 1. The van der Waals surface area contributed by atoms with Crippen molar-refractivity contribution in [3.8, 4) is 0 Å². The van der Waals surface area contributed by atoms with Gasteiger partial charge in [-0.2, -0.15) is 0 Å². The molecule has 2 nitrogen and oxygen atoms in total. The molecule has 3 heteroatoms. The first kappa shape index (κ1) is 9.78. The van der Waals surface area contributed by atoms with E-state index in [0.717, 1.165) is 24.1 Å². The molecule has 12 heavy (non-hydrogen) atoms. The largest absolute Gasteiger partial charge is 0.358 e. The maximum absolute atomic E-state index is 5.18. The Morgan fingerprint density at radius 3 is 2.75 bits per heavy atom. The molecule has 0 aromatic rings. The summed E-state index contributed by atoms with van der Waals surface area (Å²) in [5, 5.41) is 4.28. The van der Waals surface area contributed by atoms with Crippen molar-refractivity contribution in [1.29, 1.82) is 0 Å². The molecule has 1 rings (SSSR count). The van der Waals surface area contributed by atoms with Gasteiger partial charge < -0.3 is 10.2 Å². The zero-order valence-corrected chi connectivity index (χ0v) is 8.95. The van der Waals surface area contributed by atoms with Gasteiger partial charge in [0.2, 0.25) is 0 Å². The SMILES string of the molecule is CCN1CC(CC(C)C)NC1=S. The van der Waals surface area contributed by atoms with Crippen LogP contribution in [0.1, 0.15) is 27.2 Å². The van der Waals surface area contributed by atoms with E-state index in [2.05, 4.69) is 31.0 Å². The lowest BCUT2D eigenvalue weighted by Gasteiger charge is -2.13. The Hall–Kier alpha value is -0.310. The molecular weight excluding hydrogens is 168 g/mol. The van der Waals surface area contributed by atoms with Gasteiger partial charge in [-0.05, 0) is 31.5 Å². The first-order valence-electron chi connectivity index (χ1n) is 4.69. The van der Waals surface area contributed by atoms with E-state index in [-0.39, 0.29) is 0 Å². The topological polar surface area (TPSA) is 15.3 Å². The Kier molecular flexibility index (Phi) is 3.32. The van der Waals surface area contributed by atoms with Crippen molar-refractivity contribution in [2.24, 2.45) is 5.92 Å². The van der Waals surface area contributed by atoms with Crippen molar-refractivity contribution in [3.63, 3.8) is 0 Å². The highest BCUT2D eigenvalue weighted by atomic mass is 32.1. The third-order valence-corrected chi connectivity index (χ3v) is 2.57. The van der Waals surface area contributed by atoms with E-state index in [1.54, 1.807) is 0 Å². The predicted molar refractivity (Wildman–Crippen MR) is 56.2 cm³/mol. The second-order valence-electron chi connectivity index (χ2n) is 3.81. The van der Waals surface area contributed by atoms with Crippen LogP contribution in [-0.2, 0) is 0 Å². The average Bonchev–Trinajstić information content (AvgIpc) is 2.29. The molecule has 0 spiro atoms. The molecule has 0 radical (unpaired) electrons. The van der Waals surface area contributed by atoms with Gasteiger partial charge in [-0.25, -0.2) is 0 Å². The smallest absolute Gasteiger partial charge is 0.169 e. The van der Waals surface area contributed by atoms with Crippen LogP contribution >= 0.6 is 12.2 Å². The minimum absolute atomic E-state index is 0.581. The van der Waals surface area contributed by atoms with Crippen molar-refractivity contribution in [1.82, 2.24) is 10.2 Å². The summed E-state index contributed by atoms with van der Waals surface area (Å²) in [4.78, 5) is 2.22. The lowest BCUT2D eigenvalue weighted by Crippen LogP contribution is -2.28. The predicted octanol–water partition coefficient (Wildman–Crippen LogP) is 1.61. The van der Waals surface area contributed by atoms with Crippen molar-refractivity contribution in [2.45, 2.75) is 33.2 Å². The highest BCUT2D eigenvalue weighted by Gasteiger charge is 2.24. The molecule has 0 bridgehead atoms. The fourth-order valence-electron chi connectivity index (χ4n) is 1.64. The molecule has 1 aliphatic rings. The van der Waals surface area contributed by atoms with Gasteiger partial charge in [0.15, 0.2) is 5.11 Å². The van der Waals surface area contributed by atoms with E-state index < -0.39 is 0 Å². The monoisotopic (exact) mass is 186 g/mol. The Morgan fingerprint density at radius 1 is 1.67 bits per heavy atom. The third kappa shape index (κ3) is 2.34. The molecule has 0 aromatic heterocycles. The van der Waals surface area contributed by atoms with Crippen LogP contribution in [0.25, 0.3) is 0 Å². The molecule has 70 valence electrons. The van der Waals surface area contributed by atoms with Crippen LogP contribution in [-0.4, -0.2) is 29.1 Å². The molecule has 0 saturated carbocycles. The second-order valence-corrected chi connectivity index (χ2v) is 4.20. The van der Waals surface area contributed by atoms with Gasteiger partial charge in [-0.3, -0.25) is 0 Å². The number of thiocarbonyl (C=S) groups is 1.